The number of hydrogen-bond acceptors (Lipinski definition) is 5. The number of benzene rings is 1. The summed E-state index contributed by atoms with van der Waals surface area (Å²) < 4.78 is 13.7. The molecule has 130 valence electrons. The van der Waals surface area contributed by atoms with Gasteiger partial charge in [0, 0.05) is 32.2 Å². The lowest BCUT2D eigenvalue weighted by atomic mass is 10.1. The van der Waals surface area contributed by atoms with Crippen molar-refractivity contribution in [2.24, 2.45) is 0 Å². The van der Waals surface area contributed by atoms with Crippen LogP contribution < -0.4 is 4.90 Å². The van der Waals surface area contributed by atoms with E-state index in [2.05, 4.69) is 4.98 Å². The highest BCUT2D eigenvalue weighted by atomic mass is 19.1. The molecule has 0 saturated carbocycles. The van der Waals surface area contributed by atoms with Crippen molar-refractivity contribution in [1.29, 1.82) is 0 Å². The van der Waals surface area contributed by atoms with E-state index in [9.17, 15) is 19.3 Å². The minimum atomic E-state index is -0.539. The molecule has 0 spiro atoms. The second-order valence-corrected chi connectivity index (χ2v) is 5.77. The maximum Gasteiger partial charge on any atom is 0.363 e. The van der Waals surface area contributed by atoms with Crippen molar-refractivity contribution in [1.82, 2.24) is 9.88 Å². The summed E-state index contributed by atoms with van der Waals surface area (Å²) in [6, 6.07) is 9.30. The molecule has 2 heterocycles. The summed E-state index contributed by atoms with van der Waals surface area (Å²) in [7, 11) is 0. The molecule has 0 atom stereocenters. The summed E-state index contributed by atoms with van der Waals surface area (Å²) in [6.07, 6.45) is 1.51. The van der Waals surface area contributed by atoms with Gasteiger partial charge in [0.15, 0.2) is 6.20 Å². The van der Waals surface area contributed by atoms with Gasteiger partial charge in [-0.1, -0.05) is 18.2 Å². The minimum absolute atomic E-state index is 0.0474. The molecule has 8 heteroatoms. The Balaban J connectivity index is 1.57. The molecule has 1 aromatic heterocycles. The second-order valence-electron chi connectivity index (χ2n) is 5.77. The third kappa shape index (κ3) is 3.90. The van der Waals surface area contributed by atoms with Crippen LogP contribution in [0.5, 0.6) is 0 Å². The van der Waals surface area contributed by atoms with Crippen LogP contribution in [-0.2, 0) is 11.2 Å². The van der Waals surface area contributed by atoms with Crippen molar-refractivity contribution < 1.29 is 14.1 Å². The van der Waals surface area contributed by atoms with Gasteiger partial charge >= 0.3 is 5.82 Å². The van der Waals surface area contributed by atoms with Crippen molar-refractivity contribution in [3.05, 3.63) is 64.1 Å². The summed E-state index contributed by atoms with van der Waals surface area (Å²) in [5.74, 6) is -0.666. The van der Waals surface area contributed by atoms with E-state index < -0.39 is 4.92 Å². The molecular weight excluding hydrogens is 327 g/mol. The molecule has 0 radical (unpaired) electrons. The quantitative estimate of drug-likeness (QED) is 0.626. The molecule has 7 nitrogen and oxygen atoms in total. The van der Waals surface area contributed by atoms with Crippen LogP contribution in [0.1, 0.15) is 5.56 Å². The Labute approximate surface area is 143 Å². The highest BCUT2D eigenvalue weighted by molar-refractivity contribution is 5.79. The first kappa shape index (κ1) is 16.8. The first-order valence-electron chi connectivity index (χ1n) is 7.91. The van der Waals surface area contributed by atoms with Gasteiger partial charge in [-0.05, 0) is 27.6 Å². The number of pyridine rings is 1. The van der Waals surface area contributed by atoms with Gasteiger partial charge in [-0.3, -0.25) is 4.79 Å². The van der Waals surface area contributed by atoms with Gasteiger partial charge in [-0.15, -0.1) is 0 Å². The Bertz CT molecular complexity index is 774. The Morgan fingerprint density at radius 1 is 1.16 bits per heavy atom. The molecular formula is C17H17FN4O3. The van der Waals surface area contributed by atoms with Gasteiger partial charge in [0.2, 0.25) is 5.91 Å². The third-order valence-electron chi connectivity index (χ3n) is 4.22. The van der Waals surface area contributed by atoms with Gasteiger partial charge in [-0.25, -0.2) is 4.39 Å². The molecule has 1 saturated heterocycles. The third-order valence-corrected chi connectivity index (χ3v) is 4.22. The van der Waals surface area contributed by atoms with Crippen molar-refractivity contribution in [2.45, 2.75) is 6.42 Å². The van der Waals surface area contributed by atoms with Gasteiger partial charge in [0.1, 0.15) is 5.82 Å². The lowest BCUT2D eigenvalue weighted by molar-refractivity contribution is -0.389. The highest BCUT2D eigenvalue weighted by Crippen LogP contribution is 2.18. The number of rotatable bonds is 4. The van der Waals surface area contributed by atoms with Crippen molar-refractivity contribution in [3.63, 3.8) is 0 Å². The molecule has 3 rings (SSSR count). The number of nitro groups is 1. The zero-order valence-electron chi connectivity index (χ0n) is 13.5. The van der Waals surface area contributed by atoms with E-state index >= 15 is 0 Å². The summed E-state index contributed by atoms with van der Waals surface area (Å²) >= 11 is 0. The van der Waals surface area contributed by atoms with Crippen LogP contribution in [0.15, 0.2) is 42.6 Å². The van der Waals surface area contributed by atoms with Crippen LogP contribution in [0.4, 0.5) is 15.9 Å². The average molecular weight is 344 g/mol. The van der Waals surface area contributed by atoms with Crippen LogP contribution in [-0.4, -0.2) is 46.9 Å². The number of carbonyl (C=O) groups is 1. The van der Waals surface area contributed by atoms with E-state index in [-0.39, 0.29) is 24.0 Å². The molecule has 0 bridgehead atoms. The van der Waals surface area contributed by atoms with E-state index in [1.165, 1.54) is 18.3 Å². The lowest BCUT2D eigenvalue weighted by Crippen LogP contribution is -2.49. The molecule has 1 aliphatic rings. The minimum Gasteiger partial charge on any atom is -0.365 e. The van der Waals surface area contributed by atoms with E-state index in [0.717, 1.165) is 5.69 Å². The standard InChI is InChI=1S/C17H17FN4O3/c18-15-4-2-1-3-13(15)11-17(23)21-9-7-20(8-10-21)14-5-6-16(19-12-14)22(24)25/h1-6,12H,7-11H2. The fourth-order valence-corrected chi connectivity index (χ4v) is 2.80. The van der Waals surface area contributed by atoms with Crippen LogP contribution in [0, 0.1) is 15.9 Å². The Morgan fingerprint density at radius 2 is 1.88 bits per heavy atom. The van der Waals surface area contributed by atoms with Gasteiger partial charge in [-0.2, -0.15) is 0 Å². The van der Waals surface area contributed by atoms with E-state index in [1.807, 2.05) is 4.90 Å². The maximum absolute atomic E-state index is 13.7. The number of nitrogens with zero attached hydrogens (tertiary/aromatic N) is 4. The molecule has 1 fully saturated rings. The molecule has 1 amide bonds. The summed E-state index contributed by atoms with van der Waals surface area (Å²) in [4.78, 5) is 30.0. The molecule has 1 aliphatic heterocycles. The number of carbonyl (C=O) groups excluding carboxylic acids is 1. The monoisotopic (exact) mass is 344 g/mol. The van der Waals surface area contributed by atoms with Crippen molar-refractivity contribution in [3.8, 4) is 0 Å². The second kappa shape index (κ2) is 7.25. The van der Waals surface area contributed by atoms with Crippen LogP contribution in [0.25, 0.3) is 0 Å². The predicted octanol–water partition coefficient (Wildman–Crippen LogP) is 2.02. The fraction of sp³-hybridized carbons (Fsp3) is 0.294. The van der Waals surface area contributed by atoms with Gasteiger partial charge in [0.25, 0.3) is 0 Å². The van der Waals surface area contributed by atoms with E-state index in [1.54, 1.807) is 29.2 Å². The van der Waals surface area contributed by atoms with Crippen LogP contribution in [0.3, 0.4) is 0 Å². The average Bonchev–Trinajstić information content (AvgIpc) is 2.64. The van der Waals surface area contributed by atoms with E-state index in [0.29, 0.717) is 31.7 Å². The smallest absolute Gasteiger partial charge is 0.363 e. The molecule has 0 aliphatic carbocycles. The number of anilines is 1. The molecule has 25 heavy (non-hydrogen) atoms. The van der Waals surface area contributed by atoms with Gasteiger partial charge < -0.3 is 19.9 Å². The van der Waals surface area contributed by atoms with Crippen LogP contribution in [0.2, 0.25) is 0 Å². The van der Waals surface area contributed by atoms with Crippen molar-refractivity contribution >= 4 is 17.4 Å². The van der Waals surface area contributed by atoms with Gasteiger partial charge in [0.05, 0.1) is 12.1 Å². The number of piperazine rings is 1. The number of halogens is 1. The summed E-state index contributed by atoms with van der Waals surface area (Å²) in [5, 5.41) is 10.6. The largest absolute Gasteiger partial charge is 0.365 e. The topological polar surface area (TPSA) is 79.6 Å². The molecule has 1 aromatic carbocycles. The Hall–Kier alpha value is -3.03. The summed E-state index contributed by atoms with van der Waals surface area (Å²) in [5.41, 5.74) is 1.18. The zero-order valence-corrected chi connectivity index (χ0v) is 13.5. The highest BCUT2D eigenvalue weighted by Gasteiger charge is 2.23. The molecule has 0 unspecified atom stereocenters. The van der Waals surface area contributed by atoms with Crippen molar-refractivity contribution in [2.75, 3.05) is 31.1 Å². The SMILES string of the molecule is O=C(Cc1ccccc1F)N1CCN(c2ccc([N+](=O)[O-])nc2)CC1. The molecule has 2 aromatic rings. The number of amides is 1. The number of hydrogen-bond donors (Lipinski definition) is 0. The maximum atomic E-state index is 13.7. The van der Waals surface area contributed by atoms with E-state index in [4.69, 9.17) is 0 Å². The predicted molar refractivity (Wildman–Crippen MR) is 89.8 cm³/mol. The zero-order chi connectivity index (χ0) is 17.8. The van der Waals surface area contributed by atoms with Crippen LogP contribution >= 0.6 is 0 Å². The first-order valence-corrected chi connectivity index (χ1v) is 7.91. The summed E-state index contributed by atoms with van der Waals surface area (Å²) in [6.45, 7) is 2.24. The Kier molecular flexibility index (Phi) is 4.87. The number of aromatic nitrogens is 1. The Morgan fingerprint density at radius 3 is 2.48 bits per heavy atom. The normalized spacial score (nSPS) is 14.4. The fourth-order valence-electron chi connectivity index (χ4n) is 2.80. The lowest BCUT2D eigenvalue weighted by Gasteiger charge is -2.35. The molecule has 0 N–H and O–H groups in total. The first-order chi connectivity index (χ1) is 12.0.